The third-order valence-electron chi connectivity index (χ3n) is 4.41. The summed E-state index contributed by atoms with van der Waals surface area (Å²) in [6.45, 7) is 2.42. The highest BCUT2D eigenvalue weighted by Crippen LogP contribution is 2.26. The summed E-state index contributed by atoms with van der Waals surface area (Å²) in [4.78, 5) is 16.7. The number of rotatable bonds is 5. The fraction of sp³-hybridized carbons (Fsp3) is 0.0833. The molecular formula is C24H18BrNO3. The molecule has 0 unspecified atom stereocenters. The van der Waals surface area contributed by atoms with E-state index in [0.29, 0.717) is 18.3 Å². The van der Waals surface area contributed by atoms with Crippen LogP contribution < -0.4 is 4.74 Å². The molecule has 0 spiro atoms. The predicted octanol–water partition coefficient (Wildman–Crippen LogP) is 5.68. The zero-order chi connectivity index (χ0) is 20.2. The van der Waals surface area contributed by atoms with Crippen molar-refractivity contribution in [3.05, 3.63) is 105 Å². The number of aryl methyl sites for hydroxylation is 1. The summed E-state index contributed by atoms with van der Waals surface area (Å²) in [6.07, 6.45) is 1.69. The second-order valence-electron chi connectivity index (χ2n) is 6.66. The maximum absolute atomic E-state index is 12.3. The van der Waals surface area contributed by atoms with E-state index in [1.54, 1.807) is 6.08 Å². The number of hydrogen-bond acceptors (Lipinski definition) is 4. The van der Waals surface area contributed by atoms with Crippen molar-refractivity contribution >= 4 is 33.9 Å². The topological polar surface area (TPSA) is 47.9 Å². The summed E-state index contributed by atoms with van der Waals surface area (Å²) in [7, 11) is 0. The van der Waals surface area contributed by atoms with Crippen LogP contribution in [-0.4, -0.2) is 11.9 Å². The molecule has 0 saturated heterocycles. The number of carbonyl (C=O) groups is 1. The first-order chi connectivity index (χ1) is 14.1. The molecule has 1 aliphatic heterocycles. The minimum atomic E-state index is -0.470. The molecule has 144 valence electrons. The lowest BCUT2D eigenvalue weighted by atomic mass is 10.1. The van der Waals surface area contributed by atoms with Crippen molar-refractivity contribution in [3.8, 4) is 5.75 Å². The maximum Gasteiger partial charge on any atom is 0.363 e. The van der Waals surface area contributed by atoms with E-state index < -0.39 is 5.97 Å². The van der Waals surface area contributed by atoms with Crippen molar-refractivity contribution in [2.24, 2.45) is 4.99 Å². The molecule has 0 atom stereocenters. The molecule has 3 aromatic rings. The van der Waals surface area contributed by atoms with Crippen LogP contribution in [0.3, 0.4) is 0 Å². The first-order valence-electron chi connectivity index (χ1n) is 9.14. The third-order valence-corrected chi connectivity index (χ3v) is 4.91. The number of halogens is 1. The Morgan fingerprint density at radius 1 is 1.03 bits per heavy atom. The Hall–Kier alpha value is -3.18. The molecule has 0 radical (unpaired) electrons. The van der Waals surface area contributed by atoms with Crippen molar-refractivity contribution in [1.29, 1.82) is 0 Å². The van der Waals surface area contributed by atoms with Gasteiger partial charge in [-0.15, -0.1) is 0 Å². The zero-order valence-corrected chi connectivity index (χ0v) is 17.3. The highest BCUT2D eigenvalue weighted by Gasteiger charge is 2.24. The molecule has 5 heteroatoms. The first kappa shape index (κ1) is 19.2. The number of benzene rings is 3. The minimum absolute atomic E-state index is 0.249. The van der Waals surface area contributed by atoms with Crippen LogP contribution in [-0.2, 0) is 16.1 Å². The lowest BCUT2D eigenvalue weighted by Gasteiger charge is -2.09. The monoisotopic (exact) mass is 447 g/mol. The number of aliphatic imine (C=N–C) groups is 1. The normalized spacial score (nSPS) is 14.6. The van der Waals surface area contributed by atoms with Gasteiger partial charge in [0.1, 0.15) is 12.4 Å². The Bertz CT molecular complexity index is 1120. The summed E-state index contributed by atoms with van der Waals surface area (Å²) in [5.74, 6) is 0.517. The highest BCUT2D eigenvalue weighted by molar-refractivity contribution is 9.10. The van der Waals surface area contributed by atoms with Crippen molar-refractivity contribution in [2.45, 2.75) is 13.5 Å². The summed E-state index contributed by atoms with van der Waals surface area (Å²) in [5, 5.41) is 0. The van der Waals surface area contributed by atoms with Crippen LogP contribution in [0.4, 0.5) is 0 Å². The number of nitrogens with zero attached hydrogens (tertiary/aromatic N) is 1. The van der Waals surface area contributed by atoms with Gasteiger partial charge in [0, 0.05) is 15.6 Å². The van der Waals surface area contributed by atoms with Gasteiger partial charge >= 0.3 is 5.97 Å². The van der Waals surface area contributed by atoms with E-state index in [1.807, 2.05) is 79.7 Å². The van der Waals surface area contributed by atoms with Crippen molar-refractivity contribution in [1.82, 2.24) is 0 Å². The van der Waals surface area contributed by atoms with E-state index in [9.17, 15) is 4.79 Å². The average molecular weight is 448 g/mol. The zero-order valence-electron chi connectivity index (χ0n) is 15.8. The Morgan fingerprint density at radius 3 is 2.62 bits per heavy atom. The fourth-order valence-corrected chi connectivity index (χ4v) is 3.34. The van der Waals surface area contributed by atoms with E-state index in [4.69, 9.17) is 9.47 Å². The molecule has 0 bridgehead atoms. The largest absolute Gasteiger partial charge is 0.488 e. The van der Waals surface area contributed by atoms with Crippen LogP contribution in [0.2, 0.25) is 0 Å². The summed E-state index contributed by atoms with van der Waals surface area (Å²) in [6, 6.07) is 23.2. The quantitative estimate of drug-likeness (QED) is 0.373. The molecular weight excluding hydrogens is 430 g/mol. The second kappa shape index (κ2) is 8.45. The van der Waals surface area contributed by atoms with Crippen LogP contribution >= 0.6 is 15.9 Å². The van der Waals surface area contributed by atoms with E-state index in [1.165, 1.54) is 0 Å². The number of ether oxygens (including phenoxy) is 2. The molecule has 0 amide bonds. The number of hydrogen-bond donors (Lipinski definition) is 0. The van der Waals surface area contributed by atoms with Gasteiger partial charge in [0.25, 0.3) is 0 Å². The SMILES string of the molecule is Cc1ccc(C2=N/C(=C\c3ccccc3OCc3cccc(Br)c3)C(=O)O2)cc1. The maximum atomic E-state index is 12.3. The van der Waals surface area contributed by atoms with Crippen LogP contribution in [0.5, 0.6) is 5.75 Å². The molecule has 0 aliphatic carbocycles. The van der Waals surface area contributed by atoms with Gasteiger partial charge in [0.15, 0.2) is 5.70 Å². The average Bonchev–Trinajstić information content (AvgIpc) is 3.08. The number of para-hydroxylation sites is 1. The number of carbonyl (C=O) groups excluding carboxylic acids is 1. The molecule has 0 aromatic heterocycles. The molecule has 3 aromatic carbocycles. The van der Waals surface area contributed by atoms with Crippen molar-refractivity contribution in [2.75, 3.05) is 0 Å². The predicted molar refractivity (Wildman–Crippen MR) is 117 cm³/mol. The van der Waals surface area contributed by atoms with Crippen molar-refractivity contribution in [3.63, 3.8) is 0 Å². The van der Waals surface area contributed by atoms with Gasteiger partial charge in [-0.1, -0.05) is 64.0 Å². The van der Waals surface area contributed by atoms with Crippen LogP contribution in [0.15, 0.2) is 88.0 Å². The Morgan fingerprint density at radius 2 is 1.83 bits per heavy atom. The number of esters is 1. The number of cyclic esters (lactones) is 1. The van der Waals surface area contributed by atoms with E-state index in [0.717, 1.165) is 26.7 Å². The van der Waals surface area contributed by atoms with E-state index in [-0.39, 0.29) is 5.70 Å². The Labute approximate surface area is 177 Å². The van der Waals surface area contributed by atoms with Crippen LogP contribution in [0.25, 0.3) is 6.08 Å². The lowest BCUT2D eigenvalue weighted by molar-refractivity contribution is -0.129. The Kier molecular flexibility index (Phi) is 5.58. The van der Waals surface area contributed by atoms with Crippen LogP contribution in [0, 0.1) is 6.92 Å². The van der Waals surface area contributed by atoms with Gasteiger partial charge < -0.3 is 9.47 Å². The molecule has 4 rings (SSSR count). The van der Waals surface area contributed by atoms with E-state index >= 15 is 0 Å². The Balaban J connectivity index is 1.57. The minimum Gasteiger partial charge on any atom is -0.488 e. The highest BCUT2D eigenvalue weighted by atomic mass is 79.9. The smallest absolute Gasteiger partial charge is 0.363 e. The molecule has 0 N–H and O–H groups in total. The standard InChI is InChI=1S/C24H18BrNO3/c1-16-9-11-18(12-10-16)23-26-21(24(27)29-23)14-19-6-2-3-8-22(19)28-15-17-5-4-7-20(25)13-17/h2-14H,15H2,1H3/b21-14-. The molecule has 29 heavy (non-hydrogen) atoms. The lowest BCUT2D eigenvalue weighted by Crippen LogP contribution is -2.05. The molecule has 1 aliphatic rings. The summed E-state index contributed by atoms with van der Waals surface area (Å²) in [5.41, 5.74) is 3.96. The third kappa shape index (κ3) is 4.63. The molecule has 1 heterocycles. The first-order valence-corrected chi connectivity index (χ1v) is 9.94. The van der Waals surface area contributed by atoms with E-state index in [2.05, 4.69) is 20.9 Å². The molecule has 4 nitrogen and oxygen atoms in total. The van der Waals surface area contributed by atoms with Gasteiger partial charge in [0.2, 0.25) is 5.90 Å². The van der Waals surface area contributed by atoms with Crippen molar-refractivity contribution < 1.29 is 14.3 Å². The molecule has 0 saturated carbocycles. The molecule has 0 fully saturated rings. The summed E-state index contributed by atoms with van der Waals surface area (Å²) >= 11 is 3.47. The van der Waals surface area contributed by atoms with Gasteiger partial charge in [-0.05, 0) is 48.9 Å². The van der Waals surface area contributed by atoms with Gasteiger partial charge in [-0.25, -0.2) is 9.79 Å². The van der Waals surface area contributed by atoms with Gasteiger partial charge in [-0.3, -0.25) is 0 Å². The van der Waals surface area contributed by atoms with Gasteiger partial charge in [0.05, 0.1) is 0 Å². The second-order valence-corrected chi connectivity index (χ2v) is 7.57. The van der Waals surface area contributed by atoms with Crippen LogP contribution in [0.1, 0.15) is 22.3 Å². The summed E-state index contributed by atoms with van der Waals surface area (Å²) < 4.78 is 12.3. The van der Waals surface area contributed by atoms with Gasteiger partial charge in [-0.2, -0.15) is 0 Å². The fourth-order valence-electron chi connectivity index (χ4n) is 2.90.